The second-order valence-electron chi connectivity index (χ2n) is 2.82. The standard InChI is InChI=1S/C10H10N2S/c11-8-3-1-7(2-4-8)9-5-6-10(12)13-9/h1-6H,11-12H2. The lowest BCUT2D eigenvalue weighted by Crippen LogP contribution is -1.82. The van der Waals surface area contributed by atoms with Crippen LogP contribution in [-0.2, 0) is 0 Å². The Morgan fingerprint density at radius 1 is 0.846 bits per heavy atom. The summed E-state index contributed by atoms with van der Waals surface area (Å²) >= 11 is 1.58. The van der Waals surface area contributed by atoms with Crippen molar-refractivity contribution in [2.75, 3.05) is 11.5 Å². The van der Waals surface area contributed by atoms with Crippen LogP contribution in [0.15, 0.2) is 36.4 Å². The van der Waals surface area contributed by atoms with E-state index in [4.69, 9.17) is 11.5 Å². The van der Waals surface area contributed by atoms with Crippen LogP contribution >= 0.6 is 11.3 Å². The smallest absolute Gasteiger partial charge is 0.0862 e. The van der Waals surface area contributed by atoms with Crippen molar-refractivity contribution < 1.29 is 0 Å². The summed E-state index contributed by atoms with van der Waals surface area (Å²) in [7, 11) is 0. The van der Waals surface area contributed by atoms with Crippen molar-refractivity contribution >= 4 is 22.0 Å². The highest BCUT2D eigenvalue weighted by Crippen LogP contribution is 2.29. The fourth-order valence-electron chi connectivity index (χ4n) is 1.16. The van der Waals surface area contributed by atoms with Gasteiger partial charge in [-0.3, -0.25) is 0 Å². The van der Waals surface area contributed by atoms with Gasteiger partial charge < -0.3 is 11.5 Å². The second kappa shape index (κ2) is 3.11. The summed E-state index contributed by atoms with van der Waals surface area (Å²) in [6, 6.07) is 11.7. The molecule has 1 aromatic carbocycles. The Balaban J connectivity index is 2.41. The third-order valence-electron chi connectivity index (χ3n) is 1.82. The van der Waals surface area contributed by atoms with Crippen LogP contribution in [0.4, 0.5) is 10.7 Å². The van der Waals surface area contributed by atoms with E-state index >= 15 is 0 Å². The van der Waals surface area contributed by atoms with Gasteiger partial charge in [-0.2, -0.15) is 0 Å². The van der Waals surface area contributed by atoms with Crippen molar-refractivity contribution in [1.29, 1.82) is 0 Å². The third-order valence-corrected chi connectivity index (χ3v) is 2.79. The van der Waals surface area contributed by atoms with Crippen LogP contribution in [0.5, 0.6) is 0 Å². The molecule has 2 rings (SSSR count). The van der Waals surface area contributed by atoms with E-state index in [2.05, 4.69) is 0 Å². The normalized spacial score (nSPS) is 10.2. The van der Waals surface area contributed by atoms with Gasteiger partial charge in [-0.1, -0.05) is 12.1 Å². The fourth-order valence-corrected chi connectivity index (χ4v) is 1.94. The van der Waals surface area contributed by atoms with E-state index in [1.54, 1.807) is 11.3 Å². The molecule has 2 nitrogen and oxygen atoms in total. The molecular weight excluding hydrogens is 180 g/mol. The Labute approximate surface area is 80.8 Å². The Bertz CT molecular complexity index is 403. The molecule has 3 heteroatoms. The van der Waals surface area contributed by atoms with Gasteiger partial charge in [-0.15, -0.1) is 11.3 Å². The molecule has 66 valence electrons. The zero-order valence-corrected chi connectivity index (χ0v) is 7.84. The molecule has 0 saturated carbocycles. The van der Waals surface area contributed by atoms with Crippen molar-refractivity contribution in [3.05, 3.63) is 36.4 Å². The van der Waals surface area contributed by atoms with Crippen LogP contribution < -0.4 is 11.5 Å². The highest BCUT2D eigenvalue weighted by Gasteiger charge is 1.99. The quantitative estimate of drug-likeness (QED) is 0.679. The SMILES string of the molecule is Nc1ccc(-c2ccc(N)s2)cc1. The zero-order chi connectivity index (χ0) is 9.26. The van der Waals surface area contributed by atoms with E-state index in [1.807, 2.05) is 36.4 Å². The van der Waals surface area contributed by atoms with Gasteiger partial charge in [-0.05, 0) is 29.8 Å². The van der Waals surface area contributed by atoms with Crippen LogP contribution in [0.2, 0.25) is 0 Å². The van der Waals surface area contributed by atoms with Gasteiger partial charge in [0, 0.05) is 10.6 Å². The molecule has 0 unspecified atom stereocenters. The highest BCUT2D eigenvalue weighted by atomic mass is 32.1. The predicted molar refractivity (Wildman–Crippen MR) is 58.6 cm³/mol. The molecule has 0 amide bonds. The Morgan fingerprint density at radius 2 is 1.54 bits per heavy atom. The van der Waals surface area contributed by atoms with E-state index in [-0.39, 0.29) is 0 Å². The van der Waals surface area contributed by atoms with Crippen LogP contribution in [0.25, 0.3) is 10.4 Å². The van der Waals surface area contributed by atoms with Gasteiger partial charge in [0.05, 0.1) is 5.00 Å². The van der Waals surface area contributed by atoms with Crippen molar-refractivity contribution in [2.24, 2.45) is 0 Å². The van der Waals surface area contributed by atoms with Gasteiger partial charge in [0.25, 0.3) is 0 Å². The van der Waals surface area contributed by atoms with Gasteiger partial charge >= 0.3 is 0 Å². The summed E-state index contributed by atoms with van der Waals surface area (Å²) in [5.74, 6) is 0. The van der Waals surface area contributed by atoms with E-state index < -0.39 is 0 Å². The third kappa shape index (κ3) is 1.65. The Morgan fingerprint density at radius 3 is 2.08 bits per heavy atom. The first-order valence-corrected chi connectivity index (χ1v) is 4.78. The number of hydrogen-bond donors (Lipinski definition) is 2. The average molecular weight is 190 g/mol. The lowest BCUT2D eigenvalue weighted by atomic mass is 10.2. The summed E-state index contributed by atoms with van der Waals surface area (Å²) in [6.45, 7) is 0. The lowest BCUT2D eigenvalue weighted by Gasteiger charge is -1.96. The molecule has 0 spiro atoms. The van der Waals surface area contributed by atoms with Crippen molar-refractivity contribution in [3.63, 3.8) is 0 Å². The number of anilines is 2. The lowest BCUT2D eigenvalue weighted by molar-refractivity contribution is 1.68. The van der Waals surface area contributed by atoms with Gasteiger partial charge in [0.15, 0.2) is 0 Å². The first kappa shape index (κ1) is 8.13. The molecular formula is C10H10N2S. The largest absolute Gasteiger partial charge is 0.399 e. The average Bonchev–Trinajstić information content (AvgIpc) is 2.53. The molecule has 4 N–H and O–H groups in total. The molecule has 1 aromatic heterocycles. The minimum atomic E-state index is 0.785. The summed E-state index contributed by atoms with van der Waals surface area (Å²) in [4.78, 5) is 1.18. The molecule has 0 radical (unpaired) electrons. The number of nitrogen functional groups attached to an aromatic ring is 2. The second-order valence-corrected chi connectivity index (χ2v) is 3.94. The fraction of sp³-hybridized carbons (Fsp3) is 0. The van der Waals surface area contributed by atoms with E-state index in [0.717, 1.165) is 16.3 Å². The molecule has 1 heterocycles. The predicted octanol–water partition coefficient (Wildman–Crippen LogP) is 2.58. The first-order valence-electron chi connectivity index (χ1n) is 3.97. The van der Waals surface area contributed by atoms with E-state index in [9.17, 15) is 0 Å². The summed E-state index contributed by atoms with van der Waals surface area (Å²) in [5, 5.41) is 0.840. The summed E-state index contributed by atoms with van der Waals surface area (Å²) in [6.07, 6.45) is 0. The number of benzene rings is 1. The molecule has 0 saturated heterocycles. The molecule has 0 bridgehead atoms. The number of nitrogens with two attached hydrogens (primary N) is 2. The van der Waals surface area contributed by atoms with Crippen molar-refractivity contribution in [2.45, 2.75) is 0 Å². The first-order chi connectivity index (χ1) is 6.25. The zero-order valence-electron chi connectivity index (χ0n) is 7.03. The number of rotatable bonds is 1. The van der Waals surface area contributed by atoms with Crippen molar-refractivity contribution in [1.82, 2.24) is 0 Å². The molecule has 0 fully saturated rings. The van der Waals surface area contributed by atoms with Crippen molar-refractivity contribution in [3.8, 4) is 10.4 Å². The van der Waals surface area contributed by atoms with Gasteiger partial charge in [0.1, 0.15) is 0 Å². The summed E-state index contributed by atoms with van der Waals surface area (Å²) in [5.41, 5.74) is 13.2. The molecule has 13 heavy (non-hydrogen) atoms. The number of thiophene rings is 1. The van der Waals surface area contributed by atoms with Crippen LogP contribution in [0, 0.1) is 0 Å². The Kier molecular flexibility index (Phi) is 1.94. The molecule has 0 atom stereocenters. The molecule has 2 aromatic rings. The Hall–Kier alpha value is -1.48. The maximum atomic E-state index is 5.64. The maximum Gasteiger partial charge on any atom is 0.0862 e. The summed E-state index contributed by atoms with van der Waals surface area (Å²) < 4.78 is 0. The molecule has 0 aliphatic carbocycles. The molecule has 0 aliphatic heterocycles. The minimum absolute atomic E-state index is 0.785. The minimum Gasteiger partial charge on any atom is -0.399 e. The maximum absolute atomic E-state index is 5.64. The highest BCUT2D eigenvalue weighted by molar-refractivity contribution is 7.19. The molecule has 0 aliphatic rings. The van der Waals surface area contributed by atoms with Gasteiger partial charge in [0.2, 0.25) is 0 Å². The van der Waals surface area contributed by atoms with E-state index in [0.29, 0.717) is 0 Å². The van der Waals surface area contributed by atoms with Gasteiger partial charge in [-0.25, -0.2) is 0 Å². The topological polar surface area (TPSA) is 52.0 Å². The van der Waals surface area contributed by atoms with Crippen LogP contribution in [0.3, 0.4) is 0 Å². The van der Waals surface area contributed by atoms with Crippen LogP contribution in [-0.4, -0.2) is 0 Å². The van der Waals surface area contributed by atoms with E-state index in [1.165, 1.54) is 4.88 Å². The van der Waals surface area contributed by atoms with Crippen LogP contribution in [0.1, 0.15) is 0 Å². The monoisotopic (exact) mass is 190 g/mol. The number of hydrogen-bond acceptors (Lipinski definition) is 3.